The molecule has 2 atom stereocenters. The van der Waals surface area contributed by atoms with Crippen LogP contribution in [0.4, 0.5) is 0 Å². The summed E-state index contributed by atoms with van der Waals surface area (Å²) in [5, 5.41) is 26.2. The fourth-order valence-corrected chi connectivity index (χ4v) is 7.15. The summed E-state index contributed by atoms with van der Waals surface area (Å²) in [6.07, 6.45) is 4.20. The Hall–Kier alpha value is -2.43. The zero-order valence-corrected chi connectivity index (χ0v) is 25.5. The van der Waals surface area contributed by atoms with E-state index in [0.29, 0.717) is 52.4 Å². The average Bonchev–Trinajstić information content (AvgIpc) is 3.57. The molecule has 3 N–H and O–H groups in total. The Morgan fingerprint density at radius 3 is 2.75 bits per heavy atom. The number of aliphatic carboxylic acids is 1. The Morgan fingerprint density at radius 1 is 1.27 bits per heavy atom. The van der Waals surface area contributed by atoms with Crippen molar-refractivity contribution in [3.05, 3.63) is 40.5 Å². The van der Waals surface area contributed by atoms with Gasteiger partial charge in [0.1, 0.15) is 28.7 Å². The summed E-state index contributed by atoms with van der Waals surface area (Å²) in [6, 6.07) is 1.19. The smallest absolute Gasteiger partial charge is 0.352 e. The summed E-state index contributed by atoms with van der Waals surface area (Å²) < 4.78 is 1.45. The summed E-state index contributed by atoms with van der Waals surface area (Å²) in [5.41, 5.74) is 1.55. The minimum atomic E-state index is -1.24. The maximum Gasteiger partial charge on any atom is 0.352 e. The third-order valence-electron chi connectivity index (χ3n) is 6.95. The number of carboxylic acids is 1. The number of aromatic nitrogens is 4. The number of thioether (sulfide) groups is 2. The van der Waals surface area contributed by atoms with Crippen molar-refractivity contribution < 1.29 is 29.4 Å². The first kappa shape index (κ1) is 29.1. The van der Waals surface area contributed by atoms with E-state index in [9.17, 15) is 29.4 Å². The van der Waals surface area contributed by atoms with E-state index in [4.69, 9.17) is 0 Å². The van der Waals surface area contributed by atoms with Crippen LogP contribution >= 0.6 is 23.5 Å². The number of rotatable bonds is 8. The van der Waals surface area contributed by atoms with Crippen molar-refractivity contribution in [3.63, 3.8) is 0 Å². The summed E-state index contributed by atoms with van der Waals surface area (Å²) in [4.78, 5) is 62.1. The second-order valence-electron chi connectivity index (χ2n) is 9.71. The van der Waals surface area contributed by atoms with Gasteiger partial charge in [0.2, 0.25) is 11.8 Å². The third-order valence-corrected chi connectivity index (χ3v) is 9.25. The summed E-state index contributed by atoms with van der Waals surface area (Å²) in [6.45, 7) is 2.08. The molecule has 0 unspecified atom stereocenters. The van der Waals surface area contributed by atoms with E-state index in [1.54, 1.807) is 19.1 Å². The van der Waals surface area contributed by atoms with Gasteiger partial charge >= 0.3 is 5.97 Å². The van der Waals surface area contributed by atoms with Crippen LogP contribution in [-0.2, 0) is 25.8 Å². The Labute approximate surface area is 259 Å². The van der Waals surface area contributed by atoms with Gasteiger partial charge in [-0.3, -0.25) is 19.3 Å². The molecule has 0 bridgehead atoms. The van der Waals surface area contributed by atoms with E-state index in [-0.39, 0.29) is 59.3 Å². The number of nitrogens with one attached hydrogen (secondary N) is 1. The van der Waals surface area contributed by atoms with Crippen LogP contribution < -0.4 is 5.32 Å². The Bertz CT molecular complexity index is 1490. The molecule has 2 aromatic heterocycles. The van der Waals surface area contributed by atoms with Crippen molar-refractivity contribution in [1.82, 2.24) is 34.7 Å². The number of β-lactam (4-membered cyclic amide) rings is 1. The molecule has 205 valence electrons. The average molecular weight is 595 g/mol. The number of nitrogens with zero attached hydrogens (tertiary/aromatic N) is 6. The molecule has 3 aliphatic heterocycles. The summed E-state index contributed by atoms with van der Waals surface area (Å²) in [5.74, 6) is -1.38. The molecule has 3 amide bonds. The molecule has 5 heterocycles. The van der Waals surface area contributed by atoms with Gasteiger partial charge in [0.15, 0.2) is 5.82 Å². The zero-order chi connectivity index (χ0) is 27.4. The van der Waals surface area contributed by atoms with Gasteiger partial charge in [-0.1, -0.05) is 11.8 Å². The zero-order valence-electron chi connectivity index (χ0n) is 21.9. The van der Waals surface area contributed by atoms with Crippen molar-refractivity contribution in [2.45, 2.75) is 55.3 Å². The summed E-state index contributed by atoms with van der Waals surface area (Å²) >= 11 is 2.54. The number of carbonyl (C=O) groups is 4. The maximum absolute atomic E-state index is 13.0. The van der Waals surface area contributed by atoms with Gasteiger partial charge < -0.3 is 20.4 Å². The third kappa shape index (κ3) is 5.30. The normalized spacial score (nSPS) is 23.4. The molecule has 3 fully saturated rings. The van der Waals surface area contributed by atoms with Crippen molar-refractivity contribution in [3.8, 4) is 0 Å². The van der Waals surface area contributed by atoms with E-state index in [2.05, 4.69) is 20.4 Å². The van der Waals surface area contributed by atoms with Crippen LogP contribution in [0.3, 0.4) is 0 Å². The van der Waals surface area contributed by atoms with Crippen LogP contribution in [-0.4, -0.2) is 128 Å². The van der Waals surface area contributed by atoms with Gasteiger partial charge in [-0.25, -0.2) is 9.78 Å². The number of likely N-dealkylation sites (tertiary alicyclic amines) is 1. The van der Waals surface area contributed by atoms with Crippen LogP contribution in [0.2, 0.25) is 0 Å². The van der Waals surface area contributed by atoms with E-state index in [1.165, 1.54) is 32.9 Å². The minimum absolute atomic E-state index is 0. The van der Waals surface area contributed by atoms with E-state index in [1.807, 2.05) is 4.90 Å². The van der Waals surface area contributed by atoms with E-state index < -0.39 is 29.2 Å². The molecule has 13 nitrogen and oxygen atoms in total. The number of hydrogen-bond donors (Lipinski definition) is 3. The van der Waals surface area contributed by atoms with Crippen LogP contribution in [0.25, 0.3) is 5.78 Å². The standard InChI is InChI=1S/C24H25N7O6S2.Na/c1-11-6-17(31-24(25-11)26-15(8-32)28-31)38-10-16(33)27-18-21(35)30-19(23(36)37)13(9-39-22(18)30)7-12-4-5-29(20(12)34)14-2-3-14;/h6-7,14,18,22,32H,2-5,8-10H2,1H3,(H,27,33)(H,36,37);/t18-,22-;/m1./s1. The number of carbonyl (C=O) groups excluding carboxylic acids is 3. The molecule has 1 radical (unpaired) electrons. The van der Waals surface area contributed by atoms with E-state index in [0.717, 1.165) is 12.8 Å². The minimum Gasteiger partial charge on any atom is -0.477 e. The Kier molecular flexibility index (Phi) is 8.32. The maximum atomic E-state index is 13.0. The molecule has 40 heavy (non-hydrogen) atoms. The van der Waals surface area contributed by atoms with Gasteiger partial charge in [0.25, 0.3) is 11.7 Å². The number of aliphatic hydroxyl groups excluding tert-OH is 1. The van der Waals surface area contributed by atoms with Gasteiger partial charge in [-0.15, -0.1) is 16.9 Å². The number of amides is 3. The number of carboxylic acid groups (broad SMARTS) is 1. The molecular weight excluding hydrogens is 569 g/mol. The first-order valence-electron chi connectivity index (χ1n) is 12.4. The van der Waals surface area contributed by atoms with Crippen LogP contribution in [0.5, 0.6) is 0 Å². The molecule has 4 aliphatic rings. The molecular formula is C24H25N7NaO6S2. The number of aryl methyl sites for hydroxylation is 1. The molecule has 2 saturated heterocycles. The predicted molar refractivity (Wildman–Crippen MR) is 145 cm³/mol. The predicted octanol–water partition coefficient (Wildman–Crippen LogP) is -0.304. The second-order valence-corrected chi connectivity index (χ2v) is 11.8. The van der Waals surface area contributed by atoms with Crippen LogP contribution in [0.1, 0.15) is 30.8 Å². The molecule has 2 aromatic rings. The SMILES string of the molecule is Cc1cc(SCC(=O)N[C@@H]2C(=O)N3C(C(=O)O)=C(C=C4CCN(C5CC5)C4=O)CS[C@H]23)n2nc(CO)nc2n1.[Na]. The monoisotopic (exact) mass is 594 g/mol. The Morgan fingerprint density at radius 2 is 2.05 bits per heavy atom. The van der Waals surface area contributed by atoms with Crippen molar-refractivity contribution in [2.75, 3.05) is 18.1 Å². The number of hydrogen-bond acceptors (Lipinski definition) is 10. The van der Waals surface area contributed by atoms with E-state index >= 15 is 0 Å². The van der Waals surface area contributed by atoms with Crippen molar-refractivity contribution in [2.24, 2.45) is 0 Å². The quantitative estimate of drug-likeness (QED) is 0.121. The molecule has 0 aromatic carbocycles. The molecule has 16 heteroatoms. The van der Waals surface area contributed by atoms with Gasteiger partial charge in [0.05, 0.1) is 5.75 Å². The molecule has 0 spiro atoms. The number of allylic oxidation sites excluding steroid dienone is 1. The van der Waals surface area contributed by atoms with Gasteiger partial charge in [-0.2, -0.15) is 9.50 Å². The number of fused-ring (bicyclic) bond motifs is 2. The first-order valence-corrected chi connectivity index (χ1v) is 14.5. The van der Waals surface area contributed by atoms with Crippen molar-refractivity contribution >= 4 is 82.5 Å². The topological polar surface area (TPSA) is 170 Å². The van der Waals surface area contributed by atoms with Crippen molar-refractivity contribution in [1.29, 1.82) is 0 Å². The molecule has 1 aliphatic carbocycles. The van der Waals surface area contributed by atoms with Crippen LogP contribution in [0.15, 0.2) is 34.0 Å². The fourth-order valence-electron chi connectivity index (χ4n) is 4.99. The van der Waals surface area contributed by atoms with Crippen LogP contribution in [0, 0.1) is 6.92 Å². The molecule has 6 rings (SSSR count). The Balaban J connectivity index is 0.00000323. The second kappa shape index (κ2) is 11.4. The van der Waals surface area contributed by atoms with Gasteiger partial charge in [0, 0.05) is 59.2 Å². The molecule has 1 saturated carbocycles. The fraction of sp³-hybridized carbons (Fsp3) is 0.458. The first-order chi connectivity index (χ1) is 18.7. The number of aliphatic hydroxyl groups is 1. The van der Waals surface area contributed by atoms with Gasteiger partial charge in [-0.05, 0) is 43.9 Å². The largest absolute Gasteiger partial charge is 0.477 e. The summed E-state index contributed by atoms with van der Waals surface area (Å²) in [7, 11) is 0.